The number of benzene rings is 2. The highest BCUT2D eigenvalue weighted by atomic mass is 16.1. The van der Waals surface area contributed by atoms with Crippen molar-refractivity contribution >= 4 is 17.7 Å². The SMILES string of the molecule is Cc1ccccc1NC(=O)/C(C#N)=C\c1cc(C)n(-c2ccc(C34CC5CC(CC(C5)C3)C4)cc2)c1C. The van der Waals surface area contributed by atoms with Gasteiger partial charge in [-0.25, -0.2) is 0 Å². The number of hydrogen-bond donors (Lipinski definition) is 1. The van der Waals surface area contributed by atoms with E-state index in [9.17, 15) is 10.1 Å². The van der Waals surface area contributed by atoms with Gasteiger partial charge in [0.1, 0.15) is 11.6 Å². The number of nitriles is 1. The zero-order valence-electron chi connectivity index (χ0n) is 22.1. The van der Waals surface area contributed by atoms with Crippen molar-refractivity contribution in [2.24, 2.45) is 17.8 Å². The average molecular weight is 490 g/mol. The van der Waals surface area contributed by atoms with Crippen LogP contribution < -0.4 is 5.32 Å². The molecule has 37 heavy (non-hydrogen) atoms. The van der Waals surface area contributed by atoms with Gasteiger partial charge < -0.3 is 9.88 Å². The molecule has 1 amide bonds. The number of rotatable bonds is 5. The molecule has 4 fully saturated rings. The van der Waals surface area contributed by atoms with Crippen molar-refractivity contribution in [2.75, 3.05) is 5.32 Å². The predicted molar refractivity (Wildman–Crippen MR) is 148 cm³/mol. The molecule has 1 N–H and O–H groups in total. The minimum atomic E-state index is -0.387. The number of carbonyl (C=O) groups is 1. The summed E-state index contributed by atoms with van der Waals surface area (Å²) in [6.07, 6.45) is 10.2. The first-order valence-electron chi connectivity index (χ1n) is 13.6. The molecule has 4 aliphatic carbocycles. The molecule has 0 atom stereocenters. The lowest BCUT2D eigenvalue weighted by Crippen LogP contribution is -2.48. The van der Waals surface area contributed by atoms with Crippen molar-refractivity contribution < 1.29 is 4.79 Å². The summed E-state index contributed by atoms with van der Waals surface area (Å²) in [6.45, 7) is 6.07. The van der Waals surface area contributed by atoms with Crippen LogP contribution in [0.2, 0.25) is 0 Å². The molecule has 0 unspecified atom stereocenters. The summed E-state index contributed by atoms with van der Waals surface area (Å²) in [4.78, 5) is 12.9. The second kappa shape index (κ2) is 9.06. The highest BCUT2D eigenvalue weighted by Gasteiger charge is 2.51. The first kappa shape index (κ1) is 23.8. The maximum Gasteiger partial charge on any atom is 0.266 e. The van der Waals surface area contributed by atoms with E-state index < -0.39 is 0 Å². The number of carbonyl (C=O) groups excluding carboxylic acids is 1. The van der Waals surface area contributed by atoms with Crippen LogP contribution in [-0.4, -0.2) is 10.5 Å². The van der Waals surface area contributed by atoms with Crippen LogP contribution in [-0.2, 0) is 10.2 Å². The van der Waals surface area contributed by atoms with Gasteiger partial charge in [-0.2, -0.15) is 5.26 Å². The smallest absolute Gasteiger partial charge is 0.266 e. The van der Waals surface area contributed by atoms with Gasteiger partial charge in [0, 0.05) is 22.8 Å². The van der Waals surface area contributed by atoms with Crippen molar-refractivity contribution in [1.29, 1.82) is 5.26 Å². The third-order valence-corrected chi connectivity index (χ3v) is 9.30. The normalized spacial score (nSPS) is 26.2. The molecule has 1 aromatic heterocycles. The number of aryl methyl sites for hydroxylation is 2. The molecule has 4 aliphatic rings. The Balaban J connectivity index is 1.26. The van der Waals surface area contributed by atoms with Crippen LogP contribution in [0.15, 0.2) is 60.2 Å². The predicted octanol–water partition coefficient (Wildman–Crippen LogP) is 7.42. The van der Waals surface area contributed by atoms with Gasteiger partial charge in [0.2, 0.25) is 0 Å². The fourth-order valence-electron chi connectivity index (χ4n) is 7.97. The maximum atomic E-state index is 12.9. The van der Waals surface area contributed by atoms with Crippen LogP contribution >= 0.6 is 0 Å². The molecule has 0 radical (unpaired) electrons. The zero-order valence-corrected chi connectivity index (χ0v) is 22.1. The van der Waals surface area contributed by atoms with Crippen LogP contribution in [0.25, 0.3) is 11.8 Å². The lowest BCUT2D eigenvalue weighted by atomic mass is 9.48. The van der Waals surface area contributed by atoms with E-state index in [-0.39, 0.29) is 11.5 Å². The monoisotopic (exact) mass is 489 g/mol. The van der Waals surface area contributed by atoms with E-state index >= 15 is 0 Å². The average Bonchev–Trinajstić information content (AvgIpc) is 3.15. The van der Waals surface area contributed by atoms with Crippen molar-refractivity contribution in [2.45, 2.75) is 64.7 Å². The molecular weight excluding hydrogens is 454 g/mol. The molecule has 4 saturated carbocycles. The summed E-state index contributed by atoms with van der Waals surface area (Å²) in [5, 5.41) is 12.6. The van der Waals surface area contributed by atoms with Gasteiger partial charge >= 0.3 is 0 Å². The minimum absolute atomic E-state index is 0.0978. The van der Waals surface area contributed by atoms with E-state index in [2.05, 4.69) is 60.1 Å². The summed E-state index contributed by atoms with van der Waals surface area (Å²) in [6, 6.07) is 21.0. The Morgan fingerprint density at radius 3 is 2.19 bits per heavy atom. The summed E-state index contributed by atoms with van der Waals surface area (Å²) >= 11 is 0. The zero-order chi connectivity index (χ0) is 25.7. The van der Waals surface area contributed by atoms with Gasteiger partial charge in [0.25, 0.3) is 5.91 Å². The molecule has 7 rings (SSSR count). The second-order valence-electron chi connectivity index (χ2n) is 11.8. The summed E-state index contributed by atoms with van der Waals surface area (Å²) < 4.78 is 2.23. The number of amides is 1. The van der Waals surface area contributed by atoms with E-state index in [4.69, 9.17) is 0 Å². The highest BCUT2D eigenvalue weighted by molar-refractivity contribution is 6.10. The van der Waals surface area contributed by atoms with Crippen LogP contribution in [0, 0.1) is 49.9 Å². The summed E-state index contributed by atoms with van der Waals surface area (Å²) in [7, 11) is 0. The molecule has 4 bridgehead atoms. The maximum absolute atomic E-state index is 12.9. The van der Waals surface area contributed by atoms with Crippen molar-refractivity contribution in [3.8, 4) is 11.8 Å². The molecule has 0 aliphatic heterocycles. The number of anilines is 1. The molecule has 0 saturated heterocycles. The van der Waals surface area contributed by atoms with Crippen LogP contribution in [0.3, 0.4) is 0 Å². The third-order valence-electron chi connectivity index (χ3n) is 9.30. The number of hydrogen-bond acceptors (Lipinski definition) is 2. The molecule has 2 aromatic carbocycles. The lowest BCUT2D eigenvalue weighted by molar-refractivity contribution is -0.112. The Kier molecular flexibility index (Phi) is 5.83. The Morgan fingerprint density at radius 2 is 1.59 bits per heavy atom. The third kappa shape index (κ3) is 4.21. The van der Waals surface area contributed by atoms with E-state index in [0.717, 1.165) is 51.6 Å². The highest BCUT2D eigenvalue weighted by Crippen LogP contribution is 2.60. The van der Waals surface area contributed by atoms with Crippen molar-refractivity contribution in [3.63, 3.8) is 0 Å². The number of nitrogens with zero attached hydrogens (tertiary/aromatic N) is 2. The standard InChI is InChI=1S/C33H35N3O/c1-21-6-4-5-7-31(21)35-32(37)28(20-34)16-27-12-22(2)36(23(27)3)30-10-8-29(9-11-30)33-17-24-13-25(18-33)15-26(14-24)19-33/h4-12,16,24-26H,13-15,17-19H2,1-3H3,(H,35,37)/b28-16-. The number of nitrogens with one attached hydrogen (secondary N) is 1. The summed E-state index contributed by atoms with van der Waals surface area (Å²) in [5.74, 6) is 2.42. The Morgan fingerprint density at radius 1 is 0.973 bits per heavy atom. The van der Waals surface area contributed by atoms with E-state index in [1.165, 1.54) is 44.1 Å². The van der Waals surface area contributed by atoms with E-state index in [1.807, 2.05) is 31.2 Å². The van der Waals surface area contributed by atoms with E-state index in [0.29, 0.717) is 5.41 Å². The molecule has 4 heteroatoms. The molecule has 188 valence electrons. The van der Waals surface area contributed by atoms with Gasteiger partial charge in [-0.15, -0.1) is 0 Å². The molecular formula is C33H35N3O. The molecule has 4 nitrogen and oxygen atoms in total. The lowest BCUT2D eigenvalue weighted by Gasteiger charge is -2.57. The van der Waals surface area contributed by atoms with Crippen molar-refractivity contribution in [3.05, 3.63) is 88.2 Å². The van der Waals surface area contributed by atoms with Crippen molar-refractivity contribution in [1.82, 2.24) is 4.57 Å². The first-order chi connectivity index (χ1) is 17.8. The van der Waals surface area contributed by atoms with Gasteiger partial charge in [-0.1, -0.05) is 30.3 Å². The van der Waals surface area contributed by atoms with Gasteiger partial charge in [-0.05, 0) is 129 Å². The summed E-state index contributed by atoms with van der Waals surface area (Å²) in [5.41, 5.74) is 7.83. The van der Waals surface area contributed by atoms with Gasteiger partial charge in [-0.3, -0.25) is 4.79 Å². The fraction of sp³-hybridized carbons (Fsp3) is 0.394. The van der Waals surface area contributed by atoms with E-state index in [1.54, 1.807) is 6.08 Å². The Hall–Kier alpha value is -3.58. The molecule has 1 heterocycles. The van der Waals surface area contributed by atoms with Crippen LogP contribution in [0.4, 0.5) is 5.69 Å². The first-order valence-corrected chi connectivity index (χ1v) is 13.6. The Labute approximate surface area is 220 Å². The quantitative estimate of drug-likeness (QED) is 0.299. The number of aromatic nitrogens is 1. The topological polar surface area (TPSA) is 57.8 Å². The molecule has 3 aromatic rings. The Bertz CT molecular complexity index is 1400. The van der Waals surface area contributed by atoms with Gasteiger partial charge in [0.15, 0.2) is 0 Å². The fourth-order valence-corrected chi connectivity index (χ4v) is 7.97. The van der Waals surface area contributed by atoms with Crippen LogP contribution in [0.5, 0.6) is 0 Å². The largest absolute Gasteiger partial charge is 0.321 e. The number of para-hydroxylation sites is 1. The second-order valence-corrected chi connectivity index (χ2v) is 11.8. The molecule has 0 spiro atoms. The minimum Gasteiger partial charge on any atom is -0.321 e. The van der Waals surface area contributed by atoms with Crippen LogP contribution in [0.1, 0.15) is 66.6 Å². The van der Waals surface area contributed by atoms with Gasteiger partial charge in [0.05, 0.1) is 0 Å².